The van der Waals surface area contributed by atoms with Crippen molar-refractivity contribution in [2.24, 2.45) is 0 Å². The quantitative estimate of drug-likeness (QED) is 0.291. The number of benzene rings is 2. The highest BCUT2D eigenvalue weighted by molar-refractivity contribution is 5.76. The highest BCUT2D eigenvalue weighted by atomic mass is 19.1. The Morgan fingerprint density at radius 1 is 1.07 bits per heavy atom. The molecule has 29 heavy (non-hydrogen) atoms. The van der Waals surface area contributed by atoms with Gasteiger partial charge in [0.05, 0.1) is 17.2 Å². The van der Waals surface area contributed by atoms with E-state index in [1.165, 1.54) is 24.5 Å². The Kier molecular flexibility index (Phi) is 6.51. The molecule has 8 nitrogen and oxygen atoms in total. The standard InChI is InChI=1S/C20H20FN5O3/c1-2-3-12-29-15-10-8-14(9-11-15)24-19-18(26(27)28)20(23-13-22-19)25-17-7-5-4-6-16(17)21/h4-11,13H,2-3,12H2,1H3,(H2,22,23,24,25). The zero-order chi connectivity index (χ0) is 20.6. The number of hydrogen-bond donors (Lipinski definition) is 2. The van der Waals surface area contributed by atoms with Gasteiger partial charge < -0.3 is 15.4 Å². The lowest BCUT2D eigenvalue weighted by Crippen LogP contribution is -2.06. The molecule has 0 aliphatic carbocycles. The molecule has 0 radical (unpaired) electrons. The molecule has 150 valence electrons. The first-order chi connectivity index (χ1) is 14.1. The Morgan fingerprint density at radius 3 is 2.41 bits per heavy atom. The molecular formula is C20H20FN5O3. The average Bonchev–Trinajstić information content (AvgIpc) is 2.71. The normalized spacial score (nSPS) is 10.4. The first-order valence-electron chi connectivity index (χ1n) is 9.09. The van der Waals surface area contributed by atoms with Gasteiger partial charge in [-0.3, -0.25) is 10.1 Å². The lowest BCUT2D eigenvalue weighted by molar-refractivity contribution is -0.383. The van der Waals surface area contributed by atoms with Crippen molar-refractivity contribution in [2.75, 3.05) is 17.2 Å². The Labute approximate surface area is 166 Å². The van der Waals surface area contributed by atoms with E-state index in [2.05, 4.69) is 27.5 Å². The number of anilines is 4. The fourth-order valence-electron chi connectivity index (χ4n) is 2.53. The fourth-order valence-corrected chi connectivity index (χ4v) is 2.53. The summed E-state index contributed by atoms with van der Waals surface area (Å²) in [7, 11) is 0. The van der Waals surface area contributed by atoms with Crippen LogP contribution in [-0.2, 0) is 0 Å². The van der Waals surface area contributed by atoms with Crippen LogP contribution < -0.4 is 15.4 Å². The van der Waals surface area contributed by atoms with Gasteiger partial charge in [0.15, 0.2) is 0 Å². The zero-order valence-electron chi connectivity index (χ0n) is 15.8. The second-order valence-electron chi connectivity index (χ2n) is 6.13. The molecule has 0 spiro atoms. The molecule has 0 aliphatic heterocycles. The van der Waals surface area contributed by atoms with E-state index in [1.807, 2.05) is 0 Å². The van der Waals surface area contributed by atoms with Gasteiger partial charge in [-0.25, -0.2) is 14.4 Å². The first kappa shape index (κ1) is 20.0. The van der Waals surface area contributed by atoms with Gasteiger partial charge >= 0.3 is 5.69 Å². The van der Waals surface area contributed by atoms with Crippen LogP contribution in [0, 0.1) is 15.9 Å². The molecule has 0 saturated carbocycles. The molecule has 0 unspecified atom stereocenters. The van der Waals surface area contributed by atoms with Crippen molar-refractivity contribution >= 4 is 28.7 Å². The van der Waals surface area contributed by atoms with E-state index in [1.54, 1.807) is 30.3 Å². The summed E-state index contributed by atoms with van der Waals surface area (Å²) in [5.41, 5.74) is 0.277. The third-order valence-electron chi connectivity index (χ3n) is 4.02. The predicted molar refractivity (Wildman–Crippen MR) is 108 cm³/mol. The smallest absolute Gasteiger partial charge is 0.353 e. The maximum Gasteiger partial charge on any atom is 0.353 e. The fraction of sp³-hybridized carbons (Fsp3) is 0.200. The summed E-state index contributed by atoms with van der Waals surface area (Å²) in [5, 5.41) is 17.2. The second kappa shape index (κ2) is 9.45. The van der Waals surface area contributed by atoms with Crippen molar-refractivity contribution in [1.82, 2.24) is 9.97 Å². The van der Waals surface area contributed by atoms with E-state index in [0.717, 1.165) is 12.8 Å². The molecule has 1 aromatic heterocycles. The Hall–Kier alpha value is -3.75. The van der Waals surface area contributed by atoms with Gasteiger partial charge in [0.2, 0.25) is 11.6 Å². The summed E-state index contributed by atoms with van der Waals surface area (Å²) in [6, 6.07) is 12.9. The number of unbranched alkanes of at least 4 members (excludes halogenated alkanes) is 1. The molecule has 1 heterocycles. The summed E-state index contributed by atoms with van der Waals surface area (Å²) >= 11 is 0. The van der Waals surface area contributed by atoms with Crippen molar-refractivity contribution in [3.8, 4) is 5.75 Å². The van der Waals surface area contributed by atoms with Gasteiger partial charge in [-0.05, 0) is 42.8 Å². The lowest BCUT2D eigenvalue weighted by atomic mass is 10.3. The second-order valence-corrected chi connectivity index (χ2v) is 6.13. The molecule has 0 bridgehead atoms. The van der Waals surface area contributed by atoms with E-state index >= 15 is 0 Å². The van der Waals surface area contributed by atoms with Gasteiger partial charge in [-0.15, -0.1) is 0 Å². The molecule has 0 fully saturated rings. The minimum atomic E-state index is -0.617. The molecular weight excluding hydrogens is 377 g/mol. The Morgan fingerprint density at radius 2 is 1.76 bits per heavy atom. The van der Waals surface area contributed by atoms with E-state index in [9.17, 15) is 14.5 Å². The molecule has 0 saturated heterocycles. The number of nitrogens with one attached hydrogen (secondary N) is 2. The van der Waals surface area contributed by atoms with E-state index < -0.39 is 10.7 Å². The molecule has 3 aromatic rings. The predicted octanol–water partition coefficient (Wildman–Crippen LogP) is 5.19. The first-order valence-corrected chi connectivity index (χ1v) is 9.09. The van der Waals surface area contributed by atoms with Crippen molar-refractivity contribution < 1.29 is 14.1 Å². The third kappa shape index (κ3) is 5.16. The van der Waals surface area contributed by atoms with Gasteiger partial charge in [0, 0.05) is 5.69 Å². The van der Waals surface area contributed by atoms with Gasteiger partial charge in [0.1, 0.15) is 17.9 Å². The number of ether oxygens (including phenoxy) is 1. The maximum absolute atomic E-state index is 13.9. The summed E-state index contributed by atoms with van der Waals surface area (Å²) in [5.74, 6) is 0.0392. The third-order valence-corrected chi connectivity index (χ3v) is 4.02. The van der Waals surface area contributed by atoms with Gasteiger partial charge in [-0.1, -0.05) is 25.5 Å². The molecule has 0 atom stereocenters. The van der Waals surface area contributed by atoms with Crippen LogP contribution in [0.1, 0.15) is 19.8 Å². The van der Waals surface area contributed by atoms with Crippen LogP contribution in [-0.4, -0.2) is 21.5 Å². The summed E-state index contributed by atoms with van der Waals surface area (Å²) < 4.78 is 19.5. The number of rotatable bonds is 9. The number of hydrogen-bond acceptors (Lipinski definition) is 7. The van der Waals surface area contributed by atoms with Crippen LogP contribution in [0.2, 0.25) is 0 Å². The van der Waals surface area contributed by atoms with Crippen molar-refractivity contribution in [3.63, 3.8) is 0 Å². The number of para-hydroxylation sites is 1. The number of nitro groups is 1. The summed E-state index contributed by atoms with van der Waals surface area (Å²) in [4.78, 5) is 18.9. The van der Waals surface area contributed by atoms with Crippen LogP contribution in [0.3, 0.4) is 0 Å². The zero-order valence-corrected chi connectivity index (χ0v) is 15.8. The lowest BCUT2D eigenvalue weighted by Gasteiger charge is -2.11. The van der Waals surface area contributed by atoms with Crippen molar-refractivity contribution in [1.29, 1.82) is 0 Å². The van der Waals surface area contributed by atoms with Gasteiger partial charge in [-0.2, -0.15) is 0 Å². The SMILES string of the molecule is CCCCOc1ccc(Nc2ncnc(Nc3ccccc3F)c2[N+](=O)[O-])cc1. The molecule has 0 amide bonds. The van der Waals surface area contributed by atoms with Crippen molar-refractivity contribution in [2.45, 2.75) is 19.8 Å². The Bertz CT molecular complexity index is 982. The minimum absolute atomic E-state index is 0.0107. The minimum Gasteiger partial charge on any atom is -0.494 e. The van der Waals surface area contributed by atoms with Crippen molar-refractivity contribution in [3.05, 3.63) is 70.8 Å². The highest BCUT2D eigenvalue weighted by Crippen LogP contribution is 2.33. The van der Waals surface area contributed by atoms with E-state index in [-0.39, 0.29) is 23.0 Å². The summed E-state index contributed by atoms with van der Waals surface area (Å²) in [6.07, 6.45) is 3.17. The maximum atomic E-state index is 13.9. The molecule has 2 N–H and O–H groups in total. The monoisotopic (exact) mass is 397 g/mol. The molecule has 0 aliphatic rings. The van der Waals surface area contributed by atoms with Crippen LogP contribution >= 0.6 is 0 Å². The largest absolute Gasteiger partial charge is 0.494 e. The highest BCUT2D eigenvalue weighted by Gasteiger charge is 2.24. The Balaban J connectivity index is 1.82. The van der Waals surface area contributed by atoms with Gasteiger partial charge in [0.25, 0.3) is 0 Å². The van der Waals surface area contributed by atoms with Crippen LogP contribution in [0.5, 0.6) is 5.75 Å². The molecule has 2 aromatic carbocycles. The summed E-state index contributed by atoms with van der Waals surface area (Å²) in [6.45, 7) is 2.71. The number of halogens is 1. The van der Waals surface area contributed by atoms with Crippen LogP contribution in [0.25, 0.3) is 0 Å². The van der Waals surface area contributed by atoms with Crippen LogP contribution in [0.15, 0.2) is 54.9 Å². The van der Waals surface area contributed by atoms with E-state index in [0.29, 0.717) is 18.0 Å². The van der Waals surface area contributed by atoms with Crippen LogP contribution in [0.4, 0.5) is 33.1 Å². The number of nitrogens with zero attached hydrogens (tertiary/aromatic N) is 3. The van der Waals surface area contributed by atoms with E-state index in [4.69, 9.17) is 4.74 Å². The number of aromatic nitrogens is 2. The molecule has 3 rings (SSSR count). The topological polar surface area (TPSA) is 102 Å². The molecule has 9 heteroatoms. The average molecular weight is 397 g/mol.